The lowest BCUT2D eigenvalue weighted by Crippen LogP contribution is -2.12. The van der Waals surface area contributed by atoms with Gasteiger partial charge in [-0.15, -0.1) is 0 Å². The van der Waals surface area contributed by atoms with E-state index in [1.807, 2.05) is 6.07 Å². The SMILES string of the molecule is Cc1ccc(C(C)(C)C)cc1C(C)c1cccc(C(C)c2cc(C(C)C)cc(C(C)c3cccc(C(C)c4cc(C(C)C)ccc4C#N)c3)c2C#N)c1. The van der Waals surface area contributed by atoms with Crippen LogP contribution in [0.5, 0.6) is 0 Å². The summed E-state index contributed by atoms with van der Waals surface area (Å²) in [5.41, 5.74) is 16.2. The number of aryl methyl sites for hydroxylation is 1. The standard InChI is InChI=1S/C51H58N2/c1-31(2)38-20-21-43(29-52)47(25-38)35(7)40-16-14-18-42(24-40)37(9)49-27-44(32(3)4)26-48(50(49)30-53)36(8)41-17-13-15-39(23-41)34(6)46-28-45(51(10,11)12)22-19-33(46)5/h13-28,31-32,34-37H,1-12H3. The maximum atomic E-state index is 10.9. The van der Waals surface area contributed by atoms with Crippen LogP contribution >= 0.6 is 0 Å². The van der Waals surface area contributed by atoms with Gasteiger partial charge in [0.1, 0.15) is 0 Å². The van der Waals surface area contributed by atoms with E-state index in [2.05, 4.69) is 186 Å². The molecule has 272 valence electrons. The first-order valence-electron chi connectivity index (χ1n) is 19.5. The van der Waals surface area contributed by atoms with Gasteiger partial charge in [-0.1, -0.05) is 167 Å². The van der Waals surface area contributed by atoms with E-state index < -0.39 is 0 Å². The van der Waals surface area contributed by atoms with E-state index in [1.165, 1.54) is 50.1 Å². The highest BCUT2D eigenvalue weighted by Gasteiger charge is 2.25. The quantitative estimate of drug-likeness (QED) is 0.146. The molecule has 2 heteroatoms. The fourth-order valence-electron chi connectivity index (χ4n) is 7.74. The Morgan fingerprint density at radius 3 is 1.34 bits per heavy atom. The van der Waals surface area contributed by atoms with E-state index in [0.717, 1.165) is 27.8 Å². The molecule has 0 saturated carbocycles. The molecule has 4 unspecified atom stereocenters. The second kappa shape index (κ2) is 16.0. The number of benzene rings is 5. The molecule has 0 radical (unpaired) electrons. The Labute approximate surface area is 320 Å². The summed E-state index contributed by atoms with van der Waals surface area (Å²) >= 11 is 0. The van der Waals surface area contributed by atoms with E-state index in [9.17, 15) is 10.5 Å². The van der Waals surface area contributed by atoms with Gasteiger partial charge in [-0.2, -0.15) is 10.5 Å². The van der Waals surface area contributed by atoms with Crippen LogP contribution in [0.3, 0.4) is 0 Å². The Balaban J connectivity index is 1.55. The molecular weight excluding hydrogens is 641 g/mol. The maximum Gasteiger partial charge on any atom is 0.0997 e. The molecule has 53 heavy (non-hydrogen) atoms. The number of nitrogens with zero attached hydrogens (tertiary/aromatic N) is 2. The summed E-state index contributed by atoms with van der Waals surface area (Å²) in [7, 11) is 0. The summed E-state index contributed by atoms with van der Waals surface area (Å²) in [6.07, 6.45) is 0. The van der Waals surface area contributed by atoms with Crippen LogP contribution in [-0.2, 0) is 5.41 Å². The number of nitriles is 2. The van der Waals surface area contributed by atoms with Crippen LogP contribution in [0.4, 0.5) is 0 Å². The summed E-state index contributed by atoms with van der Waals surface area (Å²) in [6, 6.07) is 40.6. The second-order valence-corrected chi connectivity index (χ2v) is 17.0. The molecule has 0 bridgehead atoms. The maximum absolute atomic E-state index is 10.9. The molecule has 0 spiro atoms. The van der Waals surface area contributed by atoms with Crippen molar-refractivity contribution in [3.8, 4) is 12.1 Å². The van der Waals surface area contributed by atoms with Crippen molar-refractivity contribution in [1.82, 2.24) is 0 Å². The van der Waals surface area contributed by atoms with Crippen LogP contribution in [0.25, 0.3) is 0 Å². The molecule has 0 saturated heterocycles. The van der Waals surface area contributed by atoms with E-state index in [0.29, 0.717) is 11.8 Å². The zero-order valence-electron chi connectivity index (χ0n) is 34.1. The number of rotatable bonds is 10. The first-order chi connectivity index (χ1) is 25.0. The van der Waals surface area contributed by atoms with Gasteiger partial charge in [-0.3, -0.25) is 0 Å². The predicted molar refractivity (Wildman–Crippen MR) is 223 cm³/mol. The van der Waals surface area contributed by atoms with Crippen molar-refractivity contribution in [2.75, 3.05) is 0 Å². The average molecular weight is 699 g/mol. The molecule has 2 nitrogen and oxygen atoms in total. The third kappa shape index (κ3) is 8.34. The molecule has 5 aromatic carbocycles. The van der Waals surface area contributed by atoms with Gasteiger partial charge < -0.3 is 0 Å². The van der Waals surface area contributed by atoms with E-state index >= 15 is 0 Å². The van der Waals surface area contributed by atoms with Gasteiger partial charge in [0.05, 0.1) is 23.3 Å². The Kier molecular flexibility index (Phi) is 11.9. The minimum absolute atomic E-state index is 0.00306. The van der Waals surface area contributed by atoms with Crippen molar-refractivity contribution in [1.29, 1.82) is 10.5 Å². The summed E-state index contributed by atoms with van der Waals surface area (Å²) < 4.78 is 0. The van der Waals surface area contributed by atoms with Crippen LogP contribution in [-0.4, -0.2) is 0 Å². The van der Waals surface area contributed by atoms with Crippen LogP contribution in [0.1, 0.15) is 190 Å². The highest BCUT2D eigenvalue weighted by atomic mass is 14.3. The molecular formula is C51H58N2. The van der Waals surface area contributed by atoms with Crippen molar-refractivity contribution in [2.45, 2.75) is 124 Å². The second-order valence-electron chi connectivity index (χ2n) is 17.0. The Morgan fingerprint density at radius 1 is 0.453 bits per heavy atom. The largest absolute Gasteiger partial charge is 0.192 e. The molecule has 0 aliphatic rings. The summed E-state index contributed by atoms with van der Waals surface area (Å²) in [6.45, 7) is 26.9. The Bertz CT molecular complexity index is 2180. The normalized spacial score (nSPS) is 14.0. The summed E-state index contributed by atoms with van der Waals surface area (Å²) in [5.74, 6) is 1.03. The first-order valence-corrected chi connectivity index (χ1v) is 19.5. The lowest BCUT2D eigenvalue weighted by atomic mass is 9.78. The van der Waals surface area contributed by atoms with Crippen molar-refractivity contribution in [3.05, 3.63) is 175 Å². The molecule has 0 fully saturated rings. The van der Waals surface area contributed by atoms with Gasteiger partial charge in [0.15, 0.2) is 0 Å². The molecule has 5 aromatic rings. The molecule has 0 aromatic heterocycles. The number of hydrogen-bond donors (Lipinski definition) is 0. The predicted octanol–water partition coefficient (Wildman–Crippen LogP) is 13.9. The summed E-state index contributed by atoms with van der Waals surface area (Å²) in [4.78, 5) is 0. The highest BCUT2D eigenvalue weighted by molar-refractivity contribution is 5.56. The minimum atomic E-state index is 0.00306. The van der Waals surface area contributed by atoms with Crippen LogP contribution < -0.4 is 0 Å². The van der Waals surface area contributed by atoms with Gasteiger partial charge in [0.25, 0.3) is 0 Å². The molecule has 0 aliphatic heterocycles. The zero-order valence-corrected chi connectivity index (χ0v) is 34.1. The third-order valence-corrected chi connectivity index (χ3v) is 11.7. The van der Waals surface area contributed by atoms with E-state index in [4.69, 9.17) is 0 Å². The van der Waals surface area contributed by atoms with Crippen molar-refractivity contribution >= 4 is 0 Å². The third-order valence-electron chi connectivity index (χ3n) is 11.7. The zero-order chi connectivity index (χ0) is 38.8. The minimum Gasteiger partial charge on any atom is -0.192 e. The monoisotopic (exact) mass is 698 g/mol. The highest BCUT2D eigenvalue weighted by Crippen LogP contribution is 2.39. The Morgan fingerprint density at radius 2 is 0.906 bits per heavy atom. The topological polar surface area (TPSA) is 47.6 Å². The summed E-state index contributed by atoms with van der Waals surface area (Å²) in [5, 5.41) is 20.9. The molecule has 5 rings (SSSR count). The lowest BCUT2D eigenvalue weighted by molar-refractivity contribution is 0.588. The smallest absolute Gasteiger partial charge is 0.0997 e. The fourth-order valence-corrected chi connectivity index (χ4v) is 7.74. The Hall–Kier alpha value is -4.92. The van der Waals surface area contributed by atoms with Crippen LogP contribution in [0.15, 0.2) is 97.1 Å². The van der Waals surface area contributed by atoms with Gasteiger partial charge >= 0.3 is 0 Å². The van der Waals surface area contributed by atoms with E-state index in [1.54, 1.807) is 0 Å². The van der Waals surface area contributed by atoms with Crippen molar-refractivity contribution in [2.24, 2.45) is 0 Å². The van der Waals surface area contributed by atoms with Gasteiger partial charge in [0, 0.05) is 23.7 Å². The van der Waals surface area contributed by atoms with E-state index in [-0.39, 0.29) is 29.1 Å². The van der Waals surface area contributed by atoms with Crippen molar-refractivity contribution < 1.29 is 0 Å². The molecule has 0 aliphatic carbocycles. The molecule has 0 heterocycles. The fraction of sp³-hybridized carbons (Fsp3) is 0.373. The van der Waals surface area contributed by atoms with Crippen LogP contribution in [0, 0.1) is 29.6 Å². The van der Waals surface area contributed by atoms with Crippen molar-refractivity contribution in [3.63, 3.8) is 0 Å². The van der Waals surface area contributed by atoms with Gasteiger partial charge in [-0.25, -0.2) is 0 Å². The van der Waals surface area contributed by atoms with Gasteiger partial charge in [-0.05, 0) is 97.0 Å². The molecule has 0 N–H and O–H groups in total. The molecule has 4 atom stereocenters. The lowest BCUT2D eigenvalue weighted by Gasteiger charge is -2.25. The number of hydrogen-bond acceptors (Lipinski definition) is 2. The van der Waals surface area contributed by atoms with Crippen LogP contribution in [0.2, 0.25) is 0 Å². The average Bonchev–Trinajstić information content (AvgIpc) is 3.15. The van der Waals surface area contributed by atoms with Gasteiger partial charge in [0.2, 0.25) is 0 Å². The molecule has 0 amide bonds. The first kappa shape index (κ1) is 39.3.